The van der Waals surface area contributed by atoms with Crippen LogP contribution in [0.4, 0.5) is 18.9 Å². The lowest BCUT2D eigenvalue weighted by molar-refractivity contribution is -0.173. The van der Waals surface area contributed by atoms with Crippen molar-refractivity contribution in [1.29, 1.82) is 0 Å². The van der Waals surface area contributed by atoms with Gasteiger partial charge in [-0.1, -0.05) is 5.16 Å². The van der Waals surface area contributed by atoms with Crippen molar-refractivity contribution in [2.75, 3.05) is 26.4 Å². The van der Waals surface area contributed by atoms with Gasteiger partial charge in [0.1, 0.15) is 22.8 Å². The third-order valence-electron chi connectivity index (χ3n) is 7.57. The second-order valence-electron chi connectivity index (χ2n) is 10.2. The monoisotopic (exact) mass is 568 g/mol. The van der Waals surface area contributed by atoms with Crippen molar-refractivity contribution < 1.29 is 52.8 Å². The fourth-order valence-electron chi connectivity index (χ4n) is 5.91. The normalized spacial score (nSPS) is 27.0. The van der Waals surface area contributed by atoms with E-state index >= 15 is 0 Å². The lowest BCUT2D eigenvalue weighted by Crippen LogP contribution is -2.63. The molecule has 3 aliphatic carbocycles. The molecule has 8 N–H and O–H groups in total. The summed E-state index contributed by atoms with van der Waals surface area (Å²) < 4.78 is 37.6. The average Bonchev–Trinajstić information content (AvgIpc) is 2.82. The Kier molecular flexibility index (Phi) is 6.87. The molecule has 0 radical (unpaired) electrons. The van der Waals surface area contributed by atoms with Crippen LogP contribution in [0.3, 0.4) is 0 Å². The summed E-state index contributed by atoms with van der Waals surface area (Å²) in [6, 6.07) is 0.0366. The summed E-state index contributed by atoms with van der Waals surface area (Å²) in [7, 11) is 2.99. The number of anilines is 1. The van der Waals surface area contributed by atoms with Gasteiger partial charge in [0.15, 0.2) is 11.4 Å². The minimum Gasteiger partial charge on any atom is -0.510 e. The lowest BCUT2D eigenvalue weighted by atomic mass is 9.58. The van der Waals surface area contributed by atoms with E-state index in [1.54, 1.807) is 0 Å². The standard InChI is InChI=1S/C25H27F3N4O8/c1-8(31-40-7-24(26,27)28)10-6-13(29)18(33)15-11(10)4-9-5-12-17(32(2)3)20(35)16(23(30)38)22(37)25(12,39)21(36)14(9)19(15)34/h6,9,12,17,33,35-36,39H,4-5,7,29H2,1-3H3,(H2,30,38)/t9-,12-,17-,25-/m0/s1. The minimum absolute atomic E-state index is 0.0883. The fourth-order valence-corrected chi connectivity index (χ4v) is 5.91. The molecule has 0 fully saturated rings. The fraction of sp³-hybridized carbons (Fsp3) is 0.440. The smallest absolute Gasteiger partial charge is 0.425 e. The number of alkyl halides is 3. The molecular weight excluding hydrogens is 541 g/mol. The predicted molar refractivity (Wildman–Crippen MR) is 132 cm³/mol. The van der Waals surface area contributed by atoms with E-state index in [2.05, 4.69) is 9.99 Å². The van der Waals surface area contributed by atoms with Gasteiger partial charge < -0.3 is 36.7 Å². The van der Waals surface area contributed by atoms with Crippen molar-refractivity contribution in [3.63, 3.8) is 0 Å². The molecule has 0 saturated heterocycles. The molecule has 40 heavy (non-hydrogen) atoms. The van der Waals surface area contributed by atoms with Crippen molar-refractivity contribution in [2.45, 2.75) is 37.6 Å². The first-order valence-corrected chi connectivity index (χ1v) is 12.0. The lowest BCUT2D eigenvalue weighted by Gasteiger charge is -2.50. The Labute approximate surface area is 225 Å². The third-order valence-corrected chi connectivity index (χ3v) is 7.57. The summed E-state index contributed by atoms with van der Waals surface area (Å²) in [5.74, 6) is -8.33. The topological polar surface area (TPSA) is 209 Å². The van der Waals surface area contributed by atoms with Crippen molar-refractivity contribution in [2.24, 2.45) is 22.7 Å². The number of phenolic OH excluding ortho intramolecular Hbond substituents is 1. The van der Waals surface area contributed by atoms with Gasteiger partial charge >= 0.3 is 6.18 Å². The number of nitrogens with zero attached hydrogens (tertiary/aromatic N) is 2. The number of rotatable bonds is 5. The number of ketones is 2. The van der Waals surface area contributed by atoms with Crippen LogP contribution in [0.2, 0.25) is 0 Å². The number of Topliss-reactive ketones (excluding diaryl/α,β-unsaturated/α-hetero) is 2. The first kappa shape index (κ1) is 28.9. The van der Waals surface area contributed by atoms with Crippen LogP contribution in [0.15, 0.2) is 33.9 Å². The molecule has 0 spiro atoms. The van der Waals surface area contributed by atoms with Gasteiger partial charge in [0.05, 0.1) is 23.0 Å². The summed E-state index contributed by atoms with van der Waals surface area (Å²) in [6.45, 7) is -0.363. The number of carbonyl (C=O) groups excluding carboxylic acids is 3. The third kappa shape index (κ3) is 4.25. The Balaban J connectivity index is 1.90. The highest BCUT2D eigenvalue weighted by atomic mass is 19.4. The van der Waals surface area contributed by atoms with Crippen LogP contribution < -0.4 is 11.5 Å². The number of carbonyl (C=O) groups is 3. The molecule has 3 aliphatic rings. The first-order valence-electron chi connectivity index (χ1n) is 12.0. The van der Waals surface area contributed by atoms with Crippen molar-refractivity contribution in [1.82, 2.24) is 4.90 Å². The number of aromatic hydroxyl groups is 1. The quantitative estimate of drug-likeness (QED) is 0.0976. The summed E-state index contributed by atoms with van der Waals surface area (Å²) in [4.78, 5) is 44.9. The van der Waals surface area contributed by atoms with Gasteiger partial charge in [0.2, 0.25) is 12.4 Å². The Hall–Kier alpha value is -4.11. The maximum atomic E-state index is 13.7. The predicted octanol–water partition coefficient (Wildman–Crippen LogP) is 1.01. The van der Waals surface area contributed by atoms with E-state index in [1.807, 2.05) is 0 Å². The van der Waals surface area contributed by atoms with Gasteiger partial charge in [-0.2, -0.15) is 13.2 Å². The number of oxime groups is 1. The number of nitrogens with two attached hydrogens (primary N) is 2. The summed E-state index contributed by atoms with van der Waals surface area (Å²) >= 11 is 0. The van der Waals surface area contributed by atoms with E-state index in [-0.39, 0.29) is 35.4 Å². The summed E-state index contributed by atoms with van der Waals surface area (Å²) in [6.07, 6.45) is -4.93. The molecule has 0 aliphatic heterocycles. The maximum Gasteiger partial charge on any atom is 0.425 e. The van der Waals surface area contributed by atoms with E-state index in [0.29, 0.717) is 0 Å². The van der Waals surface area contributed by atoms with Gasteiger partial charge in [-0.05, 0) is 51.4 Å². The molecule has 15 heteroatoms. The van der Waals surface area contributed by atoms with Gasteiger partial charge in [-0.15, -0.1) is 0 Å². The van der Waals surface area contributed by atoms with E-state index < -0.39 is 87.7 Å². The highest BCUT2D eigenvalue weighted by Gasteiger charge is 2.63. The highest BCUT2D eigenvalue weighted by Crippen LogP contribution is 2.53. The molecule has 0 aromatic heterocycles. The van der Waals surface area contributed by atoms with Gasteiger partial charge in [-0.3, -0.25) is 19.3 Å². The summed E-state index contributed by atoms with van der Waals surface area (Å²) in [5.41, 5.74) is 6.43. The second kappa shape index (κ2) is 9.52. The average molecular weight is 569 g/mol. The Morgan fingerprint density at radius 2 is 1.88 bits per heavy atom. The minimum atomic E-state index is -4.65. The number of hydrogen-bond donors (Lipinski definition) is 6. The molecule has 0 bridgehead atoms. The van der Waals surface area contributed by atoms with Crippen LogP contribution in [0.1, 0.15) is 34.8 Å². The van der Waals surface area contributed by atoms with Crippen LogP contribution in [-0.4, -0.2) is 87.0 Å². The molecule has 1 amide bonds. The molecule has 216 valence electrons. The molecule has 4 rings (SSSR count). The zero-order chi connectivity index (χ0) is 30.1. The van der Waals surface area contributed by atoms with Crippen molar-refractivity contribution in [3.05, 3.63) is 45.4 Å². The van der Waals surface area contributed by atoms with Gasteiger partial charge in [0.25, 0.3) is 5.91 Å². The number of aliphatic hydroxyl groups is 3. The zero-order valence-electron chi connectivity index (χ0n) is 21.5. The molecule has 0 unspecified atom stereocenters. The van der Waals surface area contributed by atoms with E-state index in [9.17, 15) is 48.0 Å². The van der Waals surface area contributed by atoms with Crippen LogP contribution in [0.25, 0.3) is 0 Å². The number of aliphatic hydroxyl groups excluding tert-OH is 2. The number of benzene rings is 1. The molecular formula is C25H27F3N4O8. The van der Waals surface area contributed by atoms with Crippen molar-refractivity contribution in [3.8, 4) is 5.75 Å². The number of primary amides is 1. The van der Waals surface area contributed by atoms with Gasteiger partial charge in [-0.25, -0.2) is 0 Å². The SMILES string of the molecule is CC(=NOCC(F)(F)F)c1cc(N)c(O)c2c1C[C@H]1C[C@H]3[C@H](N(C)C)C(O)=C(C(N)=O)C(=O)[C@@]3(O)C(O)=C1C2=O. The number of likely N-dealkylation sites (N-methyl/N-ethyl adjacent to an activating group) is 1. The van der Waals surface area contributed by atoms with Crippen LogP contribution in [-0.2, 0) is 20.8 Å². The van der Waals surface area contributed by atoms with E-state index in [1.165, 1.54) is 32.0 Å². The van der Waals surface area contributed by atoms with Gasteiger partial charge in [0, 0.05) is 17.1 Å². The number of phenols is 1. The number of halogens is 3. The molecule has 0 saturated carbocycles. The number of amides is 1. The van der Waals surface area contributed by atoms with Crippen LogP contribution >= 0.6 is 0 Å². The van der Waals surface area contributed by atoms with E-state index in [0.717, 1.165) is 0 Å². The number of nitrogen functional groups attached to an aromatic ring is 1. The number of hydrogen-bond acceptors (Lipinski definition) is 11. The Bertz CT molecular complexity index is 1430. The molecule has 1 aromatic carbocycles. The molecule has 0 heterocycles. The number of allylic oxidation sites excluding steroid dienone is 1. The molecule has 1 aromatic rings. The van der Waals surface area contributed by atoms with Crippen LogP contribution in [0, 0.1) is 11.8 Å². The highest BCUT2D eigenvalue weighted by molar-refractivity contribution is 6.25. The van der Waals surface area contributed by atoms with Crippen LogP contribution in [0.5, 0.6) is 5.75 Å². The first-order chi connectivity index (χ1) is 18.4. The molecule has 4 atom stereocenters. The number of fused-ring (bicyclic) bond motifs is 3. The van der Waals surface area contributed by atoms with E-state index in [4.69, 9.17) is 11.5 Å². The zero-order valence-corrected chi connectivity index (χ0v) is 21.5. The Morgan fingerprint density at radius 1 is 1.25 bits per heavy atom. The maximum absolute atomic E-state index is 13.7. The largest absolute Gasteiger partial charge is 0.510 e. The molecule has 12 nitrogen and oxygen atoms in total. The second-order valence-corrected chi connectivity index (χ2v) is 10.2. The summed E-state index contributed by atoms with van der Waals surface area (Å²) in [5, 5.41) is 47.9. The van der Waals surface area contributed by atoms with Crippen molar-refractivity contribution >= 4 is 28.9 Å². The Morgan fingerprint density at radius 3 is 2.42 bits per heavy atom.